The van der Waals surface area contributed by atoms with E-state index >= 15 is 0 Å². The molecule has 0 aliphatic rings. The van der Waals surface area contributed by atoms with Crippen LogP contribution in [0.25, 0.3) is 0 Å². The zero-order valence-electron chi connectivity index (χ0n) is 12.0. The van der Waals surface area contributed by atoms with Crippen LogP contribution in [-0.4, -0.2) is 11.2 Å². The molecule has 2 aromatic rings. The van der Waals surface area contributed by atoms with Crippen molar-refractivity contribution in [2.45, 2.75) is 32.5 Å². The van der Waals surface area contributed by atoms with Crippen molar-refractivity contribution in [1.82, 2.24) is 0 Å². The predicted octanol–water partition coefficient (Wildman–Crippen LogP) is 4.03. The van der Waals surface area contributed by atoms with E-state index in [-0.39, 0.29) is 18.1 Å². The first-order valence-corrected chi connectivity index (χ1v) is 6.85. The van der Waals surface area contributed by atoms with Crippen molar-refractivity contribution in [2.24, 2.45) is 0 Å². The molecule has 0 saturated heterocycles. The number of halogens is 2. The van der Waals surface area contributed by atoms with Crippen LogP contribution in [0, 0.1) is 11.6 Å². The molecule has 1 atom stereocenters. The van der Waals surface area contributed by atoms with Crippen LogP contribution in [0.3, 0.4) is 0 Å². The van der Waals surface area contributed by atoms with E-state index in [1.54, 1.807) is 24.3 Å². The number of benzene rings is 2. The van der Waals surface area contributed by atoms with Crippen LogP contribution >= 0.6 is 0 Å². The molecule has 112 valence electrons. The van der Waals surface area contributed by atoms with E-state index in [1.165, 1.54) is 12.1 Å². The van der Waals surface area contributed by atoms with Gasteiger partial charge in [-0.25, -0.2) is 8.78 Å². The summed E-state index contributed by atoms with van der Waals surface area (Å²) in [6.07, 6.45) is -0.801. The van der Waals surface area contributed by atoms with E-state index in [9.17, 15) is 13.9 Å². The lowest BCUT2D eigenvalue weighted by atomic mass is 10.0. The molecule has 0 aliphatic heterocycles. The maximum absolute atomic E-state index is 13.6. The Morgan fingerprint density at radius 3 is 2.33 bits per heavy atom. The highest BCUT2D eigenvalue weighted by atomic mass is 19.2. The molecule has 0 fully saturated rings. The smallest absolute Gasteiger partial charge is 0.162 e. The highest BCUT2D eigenvalue weighted by molar-refractivity contribution is 5.30. The molecule has 0 bridgehead atoms. The number of aliphatic hydroxyl groups is 1. The summed E-state index contributed by atoms with van der Waals surface area (Å²) in [5.74, 6) is -1.10. The van der Waals surface area contributed by atoms with E-state index < -0.39 is 17.7 Å². The summed E-state index contributed by atoms with van der Waals surface area (Å²) >= 11 is 0. The van der Waals surface area contributed by atoms with Crippen molar-refractivity contribution >= 4 is 0 Å². The monoisotopic (exact) mass is 292 g/mol. The van der Waals surface area contributed by atoms with Crippen molar-refractivity contribution in [3.05, 3.63) is 65.2 Å². The first kappa shape index (κ1) is 15.4. The summed E-state index contributed by atoms with van der Waals surface area (Å²) in [6.45, 7) is 3.85. The Balaban J connectivity index is 2.09. The van der Waals surface area contributed by atoms with Gasteiger partial charge in [0.1, 0.15) is 5.75 Å². The Kier molecular flexibility index (Phi) is 4.91. The van der Waals surface area contributed by atoms with Crippen LogP contribution in [0.1, 0.15) is 31.1 Å². The second kappa shape index (κ2) is 6.68. The van der Waals surface area contributed by atoms with Gasteiger partial charge in [-0.15, -0.1) is 0 Å². The Morgan fingerprint density at radius 1 is 1.05 bits per heavy atom. The lowest BCUT2D eigenvalue weighted by Crippen LogP contribution is -2.07. The third-order valence-electron chi connectivity index (χ3n) is 3.08. The van der Waals surface area contributed by atoms with Crippen molar-refractivity contribution in [1.29, 1.82) is 0 Å². The summed E-state index contributed by atoms with van der Waals surface area (Å²) in [5, 5.41) is 10.1. The lowest BCUT2D eigenvalue weighted by molar-refractivity contribution is 0.176. The van der Waals surface area contributed by atoms with Crippen molar-refractivity contribution in [3.8, 4) is 5.75 Å². The van der Waals surface area contributed by atoms with Gasteiger partial charge in [0.25, 0.3) is 0 Å². The minimum Gasteiger partial charge on any atom is -0.491 e. The first-order valence-electron chi connectivity index (χ1n) is 6.85. The van der Waals surface area contributed by atoms with Gasteiger partial charge in [0.15, 0.2) is 11.6 Å². The summed E-state index contributed by atoms with van der Waals surface area (Å²) in [5.41, 5.74) is 0.791. The molecule has 0 amide bonds. The summed E-state index contributed by atoms with van der Waals surface area (Å²) < 4.78 is 32.2. The van der Waals surface area contributed by atoms with Crippen LogP contribution in [0.2, 0.25) is 0 Å². The van der Waals surface area contributed by atoms with Gasteiger partial charge in [-0.1, -0.05) is 24.3 Å². The molecular weight excluding hydrogens is 274 g/mol. The van der Waals surface area contributed by atoms with Gasteiger partial charge in [-0.05, 0) is 43.2 Å². The molecule has 0 heterocycles. The second-order valence-corrected chi connectivity index (χ2v) is 5.17. The average molecular weight is 292 g/mol. The normalized spacial score (nSPS) is 12.5. The van der Waals surface area contributed by atoms with E-state index in [0.29, 0.717) is 11.3 Å². The molecule has 1 unspecified atom stereocenters. The van der Waals surface area contributed by atoms with Gasteiger partial charge in [0.05, 0.1) is 12.2 Å². The van der Waals surface area contributed by atoms with E-state index in [0.717, 1.165) is 6.07 Å². The molecule has 2 nitrogen and oxygen atoms in total. The zero-order valence-corrected chi connectivity index (χ0v) is 12.0. The van der Waals surface area contributed by atoms with Crippen LogP contribution < -0.4 is 4.74 Å². The van der Waals surface area contributed by atoms with Crippen LogP contribution in [-0.2, 0) is 6.42 Å². The molecule has 1 N–H and O–H groups in total. The Labute approximate surface area is 123 Å². The summed E-state index contributed by atoms with van der Waals surface area (Å²) in [6, 6.07) is 10.9. The van der Waals surface area contributed by atoms with Crippen molar-refractivity contribution in [3.63, 3.8) is 0 Å². The molecule has 21 heavy (non-hydrogen) atoms. The number of hydrogen-bond donors (Lipinski definition) is 1. The SMILES string of the molecule is CC(C)Oc1ccc(C(O)Cc2cccc(F)c2F)cc1. The maximum Gasteiger partial charge on any atom is 0.162 e. The highest BCUT2D eigenvalue weighted by Crippen LogP contribution is 2.23. The van der Waals surface area contributed by atoms with Crippen molar-refractivity contribution < 1.29 is 18.6 Å². The third kappa shape index (κ3) is 4.02. The quantitative estimate of drug-likeness (QED) is 0.901. The van der Waals surface area contributed by atoms with Gasteiger partial charge in [0.2, 0.25) is 0 Å². The lowest BCUT2D eigenvalue weighted by Gasteiger charge is -2.14. The summed E-state index contributed by atoms with van der Waals surface area (Å²) in [7, 11) is 0. The number of aliphatic hydroxyl groups excluding tert-OH is 1. The fraction of sp³-hybridized carbons (Fsp3) is 0.294. The third-order valence-corrected chi connectivity index (χ3v) is 3.08. The second-order valence-electron chi connectivity index (χ2n) is 5.17. The molecule has 4 heteroatoms. The number of hydrogen-bond acceptors (Lipinski definition) is 2. The predicted molar refractivity (Wildman–Crippen MR) is 77.2 cm³/mol. The van der Waals surface area contributed by atoms with Gasteiger partial charge in [0, 0.05) is 6.42 Å². The molecule has 2 rings (SSSR count). The number of ether oxygens (including phenoxy) is 1. The Bertz CT molecular complexity index is 594. The average Bonchev–Trinajstić information content (AvgIpc) is 2.44. The first-order chi connectivity index (χ1) is 9.97. The highest BCUT2D eigenvalue weighted by Gasteiger charge is 2.14. The fourth-order valence-electron chi connectivity index (χ4n) is 2.07. The van der Waals surface area contributed by atoms with Gasteiger partial charge in [-0.2, -0.15) is 0 Å². The van der Waals surface area contributed by atoms with Gasteiger partial charge in [-0.3, -0.25) is 0 Å². The Hall–Kier alpha value is -1.94. The van der Waals surface area contributed by atoms with Crippen LogP contribution in [0.5, 0.6) is 5.75 Å². The molecular formula is C17H18F2O2. The minimum absolute atomic E-state index is 0.0218. The Morgan fingerprint density at radius 2 is 1.71 bits per heavy atom. The topological polar surface area (TPSA) is 29.5 Å². The van der Waals surface area contributed by atoms with Gasteiger partial charge < -0.3 is 9.84 Å². The molecule has 0 radical (unpaired) electrons. The summed E-state index contributed by atoms with van der Waals surface area (Å²) in [4.78, 5) is 0. The zero-order chi connectivity index (χ0) is 15.4. The van der Waals surface area contributed by atoms with E-state index in [4.69, 9.17) is 4.74 Å². The number of rotatable bonds is 5. The molecule has 0 saturated carbocycles. The van der Waals surface area contributed by atoms with E-state index in [2.05, 4.69) is 0 Å². The largest absolute Gasteiger partial charge is 0.491 e. The standard InChI is InChI=1S/C17H18F2O2/c1-11(2)21-14-8-6-12(7-9-14)16(20)10-13-4-3-5-15(18)17(13)19/h3-9,11,16,20H,10H2,1-2H3. The van der Waals surface area contributed by atoms with Gasteiger partial charge >= 0.3 is 0 Å². The van der Waals surface area contributed by atoms with E-state index in [1.807, 2.05) is 13.8 Å². The minimum atomic E-state index is -0.906. The van der Waals surface area contributed by atoms with Crippen LogP contribution in [0.15, 0.2) is 42.5 Å². The molecule has 0 aliphatic carbocycles. The maximum atomic E-state index is 13.6. The molecule has 0 spiro atoms. The van der Waals surface area contributed by atoms with Crippen LogP contribution in [0.4, 0.5) is 8.78 Å². The molecule has 2 aromatic carbocycles. The molecule has 0 aromatic heterocycles. The van der Waals surface area contributed by atoms with Crippen molar-refractivity contribution in [2.75, 3.05) is 0 Å². The fourth-order valence-corrected chi connectivity index (χ4v) is 2.07.